The maximum absolute atomic E-state index is 11.0. The Hall–Kier alpha value is -0.610. The molecule has 0 aromatic heterocycles. The lowest BCUT2D eigenvalue weighted by molar-refractivity contribution is -0.122. The van der Waals surface area contributed by atoms with E-state index < -0.39 is 6.10 Å². The topological polar surface area (TPSA) is 69.6 Å². The third-order valence-electron chi connectivity index (χ3n) is 1.76. The minimum absolute atomic E-state index is 0.0382. The van der Waals surface area contributed by atoms with E-state index in [1.54, 1.807) is 6.92 Å². The van der Waals surface area contributed by atoms with Gasteiger partial charge >= 0.3 is 0 Å². The lowest BCUT2D eigenvalue weighted by Crippen LogP contribution is -2.29. The van der Waals surface area contributed by atoms with Gasteiger partial charge < -0.3 is 15.5 Å². The van der Waals surface area contributed by atoms with Crippen LogP contribution in [-0.4, -0.2) is 35.4 Å². The summed E-state index contributed by atoms with van der Waals surface area (Å²) in [6.07, 6.45) is -0.164. The van der Waals surface area contributed by atoms with Crippen LogP contribution in [0.5, 0.6) is 0 Å². The Labute approximate surface area is 72.6 Å². The highest BCUT2D eigenvalue weighted by Gasteiger charge is 2.12. The van der Waals surface area contributed by atoms with Gasteiger partial charge in [0.2, 0.25) is 5.91 Å². The van der Waals surface area contributed by atoms with E-state index in [9.17, 15) is 4.79 Å². The molecule has 0 saturated heterocycles. The van der Waals surface area contributed by atoms with Crippen molar-refractivity contribution in [1.29, 1.82) is 0 Å². The van der Waals surface area contributed by atoms with E-state index in [1.165, 1.54) is 0 Å². The molecule has 72 valence electrons. The minimum Gasteiger partial charge on any atom is -0.395 e. The van der Waals surface area contributed by atoms with E-state index in [-0.39, 0.29) is 25.0 Å². The fourth-order valence-electron chi connectivity index (χ4n) is 0.730. The Balaban J connectivity index is 3.54. The largest absolute Gasteiger partial charge is 0.395 e. The molecule has 0 fully saturated rings. The molecule has 0 aliphatic heterocycles. The summed E-state index contributed by atoms with van der Waals surface area (Å²) in [5, 5.41) is 20.0. The number of nitrogens with one attached hydrogen (secondary N) is 1. The van der Waals surface area contributed by atoms with Crippen LogP contribution in [0.2, 0.25) is 0 Å². The summed E-state index contributed by atoms with van der Waals surface area (Å²) in [4.78, 5) is 11.0. The van der Waals surface area contributed by atoms with Crippen molar-refractivity contribution in [1.82, 2.24) is 5.32 Å². The summed E-state index contributed by atoms with van der Waals surface area (Å²) < 4.78 is 0. The molecule has 0 aromatic carbocycles. The molecule has 0 spiro atoms. The van der Waals surface area contributed by atoms with Crippen molar-refractivity contribution in [3.63, 3.8) is 0 Å². The molecule has 2 atom stereocenters. The van der Waals surface area contributed by atoms with Crippen LogP contribution in [0.1, 0.15) is 20.3 Å². The van der Waals surface area contributed by atoms with Gasteiger partial charge in [-0.05, 0) is 12.8 Å². The Morgan fingerprint density at radius 2 is 2.08 bits per heavy atom. The summed E-state index contributed by atoms with van der Waals surface area (Å²) in [7, 11) is 0. The second kappa shape index (κ2) is 5.97. The van der Waals surface area contributed by atoms with Gasteiger partial charge in [0.15, 0.2) is 0 Å². The van der Waals surface area contributed by atoms with Gasteiger partial charge in [-0.1, -0.05) is 6.92 Å². The van der Waals surface area contributed by atoms with E-state index in [0.29, 0.717) is 6.42 Å². The van der Waals surface area contributed by atoms with Gasteiger partial charge in [0.05, 0.1) is 12.7 Å². The van der Waals surface area contributed by atoms with Gasteiger partial charge in [-0.3, -0.25) is 4.79 Å². The number of carbonyl (C=O) groups excluding carboxylic acids is 1. The van der Waals surface area contributed by atoms with Gasteiger partial charge in [0, 0.05) is 13.0 Å². The van der Waals surface area contributed by atoms with E-state index in [1.807, 2.05) is 6.92 Å². The van der Waals surface area contributed by atoms with Crippen LogP contribution >= 0.6 is 0 Å². The third kappa shape index (κ3) is 5.09. The van der Waals surface area contributed by atoms with E-state index in [0.717, 1.165) is 0 Å². The van der Waals surface area contributed by atoms with E-state index in [2.05, 4.69) is 5.32 Å². The van der Waals surface area contributed by atoms with Gasteiger partial charge in [-0.2, -0.15) is 0 Å². The average molecular weight is 175 g/mol. The van der Waals surface area contributed by atoms with Gasteiger partial charge in [0.1, 0.15) is 0 Å². The first-order chi connectivity index (χ1) is 5.57. The zero-order valence-electron chi connectivity index (χ0n) is 7.58. The molecule has 0 aliphatic carbocycles. The maximum Gasteiger partial charge on any atom is 0.220 e. The Morgan fingerprint density at radius 1 is 1.50 bits per heavy atom. The van der Waals surface area contributed by atoms with Crippen LogP contribution < -0.4 is 5.32 Å². The molecule has 0 radical (unpaired) electrons. The number of carbonyl (C=O) groups is 1. The van der Waals surface area contributed by atoms with Crippen molar-refractivity contribution in [2.24, 2.45) is 5.92 Å². The van der Waals surface area contributed by atoms with E-state index >= 15 is 0 Å². The maximum atomic E-state index is 11.0. The molecule has 12 heavy (non-hydrogen) atoms. The Morgan fingerprint density at radius 3 is 2.50 bits per heavy atom. The van der Waals surface area contributed by atoms with Crippen molar-refractivity contribution in [3.05, 3.63) is 0 Å². The minimum atomic E-state index is -0.468. The molecule has 0 rings (SSSR count). The van der Waals surface area contributed by atoms with Crippen molar-refractivity contribution in [2.75, 3.05) is 13.2 Å². The smallest absolute Gasteiger partial charge is 0.220 e. The fourth-order valence-corrected chi connectivity index (χ4v) is 0.730. The number of aliphatic hydroxyl groups is 2. The quantitative estimate of drug-likeness (QED) is 0.527. The van der Waals surface area contributed by atoms with Crippen LogP contribution in [0.25, 0.3) is 0 Å². The standard InChI is InChI=1S/C8H17NO3/c1-6(7(2)11)5-8(12)9-3-4-10/h6-7,10-11H,3-5H2,1-2H3,(H,9,12). The number of aliphatic hydroxyl groups excluding tert-OH is 2. The van der Waals surface area contributed by atoms with Crippen molar-refractivity contribution < 1.29 is 15.0 Å². The second-order valence-electron chi connectivity index (χ2n) is 3.00. The molecule has 3 N–H and O–H groups in total. The SMILES string of the molecule is CC(O)C(C)CC(=O)NCCO. The lowest BCUT2D eigenvalue weighted by atomic mass is 10.0. The molecular weight excluding hydrogens is 158 g/mol. The highest BCUT2D eigenvalue weighted by atomic mass is 16.3. The first-order valence-corrected chi connectivity index (χ1v) is 4.13. The number of hydrogen-bond donors (Lipinski definition) is 3. The number of hydrogen-bond acceptors (Lipinski definition) is 3. The van der Waals surface area contributed by atoms with Crippen LogP contribution in [0.4, 0.5) is 0 Å². The van der Waals surface area contributed by atoms with Crippen LogP contribution in [0.15, 0.2) is 0 Å². The second-order valence-corrected chi connectivity index (χ2v) is 3.00. The molecule has 0 bridgehead atoms. The van der Waals surface area contributed by atoms with Gasteiger partial charge in [0.25, 0.3) is 0 Å². The summed E-state index contributed by atoms with van der Waals surface area (Å²) in [5.74, 6) is -0.166. The first kappa shape index (κ1) is 11.4. The zero-order chi connectivity index (χ0) is 9.56. The van der Waals surface area contributed by atoms with Crippen molar-refractivity contribution in [3.8, 4) is 0 Å². The number of amides is 1. The van der Waals surface area contributed by atoms with Gasteiger partial charge in [-0.25, -0.2) is 0 Å². The van der Waals surface area contributed by atoms with E-state index in [4.69, 9.17) is 10.2 Å². The average Bonchev–Trinajstić information content (AvgIpc) is 2.00. The predicted molar refractivity (Wildman–Crippen MR) is 45.6 cm³/mol. The predicted octanol–water partition coefficient (Wildman–Crippen LogP) is -0.498. The monoisotopic (exact) mass is 175 g/mol. The molecule has 0 saturated carbocycles. The van der Waals surface area contributed by atoms with Crippen molar-refractivity contribution in [2.45, 2.75) is 26.4 Å². The summed E-state index contributed by atoms with van der Waals surface area (Å²) in [6.45, 7) is 3.70. The normalized spacial score (nSPS) is 15.3. The fraction of sp³-hybridized carbons (Fsp3) is 0.875. The lowest BCUT2D eigenvalue weighted by Gasteiger charge is -2.13. The van der Waals surface area contributed by atoms with Crippen molar-refractivity contribution >= 4 is 5.91 Å². The number of rotatable bonds is 5. The first-order valence-electron chi connectivity index (χ1n) is 4.13. The Kier molecular flexibility index (Phi) is 5.66. The molecule has 0 aromatic rings. The molecular formula is C8H17NO3. The summed E-state index contributed by atoms with van der Waals surface area (Å²) in [6, 6.07) is 0. The molecule has 1 amide bonds. The van der Waals surface area contributed by atoms with Crippen LogP contribution in [0.3, 0.4) is 0 Å². The third-order valence-corrected chi connectivity index (χ3v) is 1.76. The summed E-state index contributed by atoms with van der Waals surface area (Å²) in [5.41, 5.74) is 0. The molecule has 4 heteroatoms. The van der Waals surface area contributed by atoms with Gasteiger partial charge in [-0.15, -0.1) is 0 Å². The zero-order valence-corrected chi connectivity index (χ0v) is 7.58. The highest BCUT2D eigenvalue weighted by molar-refractivity contribution is 5.76. The highest BCUT2D eigenvalue weighted by Crippen LogP contribution is 2.06. The van der Waals surface area contributed by atoms with Crippen LogP contribution in [0, 0.1) is 5.92 Å². The molecule has 2 unspecified atom stereocenters. The Bertz CT molecular complexity index is 136. The molecule has 0 aliphatic rings. The summed E-state index contributed by atoms with van der Waals surface area (Å²) >= 11 is 0. The molecule has 0 heterocycles. The molecule has 4 nitrogen and oxygen atoms in total. The van der Waals surface area contributed by atoms with Crippen LogP contribution in [-0.2, 0) is 4.79 Å².